The van der Waals surface area contributed by atoms with Crippen LogP contribution in [0.5, 0.6) is 5.75 Å². The molecule has 108 valence electrons. The van der Waals surface area contributed by atoms with Gasteiger partial charge < -0.3 is 14.6 Å². The van der Waals surface area contributed by atoms with E-state index in [9.17, 15) is 5.11 Å². The number of rotatable bonds is 6. The smallest absolute Gasteiger partial charge is 0.149 e. The SMILES string of the molecule is C=C(C)[C@H](C)[C@@H](O)[C@H](C#CCOc1ccccc1)OC. The van der Waals surface area contributed by atoms with E-state index in [4.69, 9.17) is 9.47 Å². The molecular formula is C17H22O3. The molecule has 1 rings (SSSR count). The zero-order chi connectivity index (χ0) is 15.0. The predicted molar refractivity (Wildman–Crippen MR) is 80.5 cm³/mol. The van der Waals surface area contributed by atoms with Gasteiger partial charge in [0.2, 0.25) is 0 Å². The third kappa shape index (κ3) is 5.08. The second-order valence-electron chi connectivity index (χ2n) is 4.70. The Hall–Kier alpha value is -1.76. The molecule has 0 fully saturated rings. The Bertz CT molecular complexity index is 470. The van der Waals surface area contributed by atoms with Crippen molar-refractivity contribution in [3.63, 3.8) is 0 Å². The molecule has 0 aliphatic rings. The van der Waals surface area contributed by atoms with Crippen molar-refractivity contribution in [2.45, 2.75) is 26.1 Å². The average molecular weight is 274 g/mol. The van der Waals surface area contributed by atoms with Gasteiger partial charge in [-0.3, -0.25) is 0 Å². The molecule has 1 aromatic carbocycles. The van der Waals surface area contributed by atoms with Gasteiger partial charge in [-0.1, -0.05) is 49.1 Å². The molecule has 0 saturated heterocycles. The van der Waals surface area contributed by atoms with E-state index < -0.39 is 12.2 Å². The van der Waals surface area contributed by atoms with Crippen LogP contribution in [0.1, 0.15) is 13.8 Å². The van der Waals surface area contributed by atoms with Gasteiger partial charge in [0.1, 0.15) is 18.5 Å². The summed E-state index contributed by atoms with van der Waals surface area (Å²) in [5, 5.41) is 10.1. The molecule has 0 saturated carbocycles. The largest absolute Gasteiger partial charge is 0.481 e. The molecule has 0 bridgehead atoms. The van der Waals surface area contributed by atoms with E-state index in [0.29, 0.717) is 0 Å². The summed E-state index contributed by atoms with van der Waals surface area (Å²) in [5.41, 5.74) is 0.905. The summed E-state index contributed by atoms with van der Waals surface area (Å²) in [7, 11) is 1.53. The van der Waals surface area contributed by atoms with Crippen LogP contribution in [0.25, 0.3) is 0 Å². The standard InChI is InChI=1S/C17H22O3/c1-13(2)14(3)17(18)16(19-4)11-8-12-20-15-9-6-5-7-10-15/h5-7,9-10,14,16-18H,1,12H2,2-4H3/t14-,16-,17+/m0/s1. The molecule has 0 aliphatic carbocycles. The van der Waals surface area contributed by atoms with Crippen LogP contribution >= 0.6 is 0 Å². The first-order chi connectivity index (χ1) is 9.56. The Morgan fingerprint density at radius 1 is 1.35 bits per heavy atom. The Labute approximate surface area is 121 Å². The number of para-hydroxylation sites is 1. The highest BCUT2D eigenvalue weighted by Gasteiger charge is 2.23. The third-order valence-corrected chi connectivity index (χ3v) is 3.15. The van der Waals surface area contributed by atoms with E-state index in [0.717, 1.165) is 11.3 Å². The molecular weight excluding hydrogens is 252 g/mol. The molecule has 0 spiro atoms. The van der Waals surface area contributed by atoms with Crippen molar-refractivity contribution < 1.29 is 14.6 Å². The molecule has 0 aromatic heterocycles. The van der Waals surface area contributed by atoms with Gasteiger partial charge >= 0.3 is 0 Å². The van der Waals surface area contributed by atoms with Crippen LogP contribution in [0, 0.1) is 17.8 Å². The zero-order valence-electron chi connectivity index (χ0n) is 12.3. The summed E-state index contributed by atoms with van der Waals surface area (Å²) in [6.45, 7) is 7.89. The minimum Gasteiger partial charge on any atom is -0.481 e. The van der Waals surface area contributed by atoms with Crippen LogP contribution < -0.4 is 4.74 Å². The van der Waals surface area contributed by atoms with Crippen molar-refractivity contribution in [2.24, 2.45) is 5.92 Å². The van der Waals surface area contributed by atoms with Gasteiger partial charge in [0, 0.05) is 13.0 Å². The molecule has 1 aromatic rings. The first-order valence-corrected chi connectivity index (χ1v) is 6.58. The van der Waals surface area contributed by atoms with Gasteiger partial charge in [-0.2, -0.15) is 0 Å². The second-order valence-corrected chi connectivity index (χ2v) is 4.70. The molecule has 0 heterocycles. The number of aliphatic hydroxyl groups excluding tert-OH is 1. The maximum atomic E-state index is 10.1. The van der Waals surface area contributed by atoms with Crippen LogP contribution in [-0.2, 0) is 4.74 Å². The first kappa shape index (κ1) is 16.3. The minimum absolute atomic E-state index is 0.0655. The van der Waals surface area contributed by atoms with Gasteiger partial charge in [0.25, 0.3) is 0 Å². The van der Waals surface area contributed by atoms with Crippen molar-refractivity contribution in [2.75, 3.05) is 13.7 Å². The summed E-state index contributed by atoms with van der Waals surface area (Å²) in [4.78, 5) is 0. The van der Waals surface area contributed by atoms with E-state index >= 15 is 0 Å². The maximum absolute atomic E-state index is 10.1. The number of hydrogen-bond donors (Lipinski definition) is 1. The summed E-state index contributed by atoms with van der Waals surface area (Å²) in [5.74, 6) is 6.46. The summed E-state index contributed by atoms with van der Waals surface area (Å²) >= 11 is 0. The zero-order valence-corrected chi connectivity index (χ0v) is 12.3. The fraction of sp³-hybridized carbons (Fsp3) is 0.412. The number of ether oxygens (including phenoxy) is 2. The molecule has 0 aliphatic heterocycles. The van der Waals surface area contributed by atoms with E-state index in [1.54, 1.807) is 0 Å². The Morgan fingerprint density at radius 3 is 2.55 bits per heavy atom. The van der Waals surface area contributed by atoms with E-state index in [-0.39, 0.29) is 12.5 Å². The van der Waals surface area contributed by atoms with Crippen molar-refractivity contribution in [1.29, 1.82) is 0 Å². The highest BCUT2D eigenvalue weighted by molar-refractivity contribution is 5.22. The predicted octanol–water partition coefficient (Wildman–Crippen LogP) is 2.66. The lowest BCUT2D eigenvalue weighted by atomic mass is 9.94. The van der Waals surface area contributed by atoms with Crippen molar-refractivity contribution in [3.05, 3.63) is 42.5 Å². The molecule has 3 heteroatoms. The van der Waals surface area contributed by atoms with E-state index in [1.165, 1.54) is 7.11 Å². The summed E-state index contributed by atoms with van der Waals surface area (Å²) in [6, 6.07) is 9.47. The Balaban J connectivity index is 2.52. The number of benzene rings is 1. The number of hydrogen-bond acceptors (Lipinski definition) is 3. The molecule has 20 heavy (non-hydrogen) atoms. The van der Waals surface area contributed by atoms with Crippen molar-refractivity contribution in [3.8, 4) is 17.6 Å². The van der Waals surface area contributed by atoms with Crippen LogP contribution in [0.15, 0.2) is 42.5 Å². The van der Waals surface area contributed by atoms with Gasteiger partial charge in [0.15, 0.2) is 0 Å². The van der Waals surface area contributed by atoms with Crippen LogP contribution in [0.4, 0.5) is 0 Å². The summed E-state index contributed by atoms with van der Waals surface area (Å²) in [6.07, 6.45) is -1.23. The van der Waals surface area contributed by atoms with Crippen LogP contribution in [0.2, 0.25) is 0 Å². The van der Waals surface area contributed by atoms with E-state index in [1.807, 2.05) is 44.2 Å². The first-order valence-electron chi connectivity index (χ1n) is 6.58. The van der Waals surface area contributed by atoms with Gasteiger partial charge in [-0.15, -0.1) is 0 Å². The topological polar surface area (TPSA) is 38.7 Å². The Kier molecular flexibility index (Phi) is 6.86. The van der Waals surface area contributed by atoms with Crippen molar-refractivity contribution in [1.82, 2.24) is 0 Å². The second kappa shape index (κ2) is 8.42. The minimum atomic E-state index is -0.693. The molecule has 3 atom stereocenters. The van der Waals surface area contributed by atoms with Crippen LogP contribution in [0.3, 0.4) is 0 Å². The highest BCUT2D eigenvalue weighted by Crippen LogP contribution is 2.16. The Morgan fingerprint density at radius 2 is 2.00 bits per heavy atom. The normalized spacial score (nSPS) is 14.6. The fourth-order valence-corrected chi connectivity index (χ4v) is 1.62. The fourth-order valence-electron chi connectivity index (χ4n) is 1.62. The lowest BCUT2D eigenvalue weighted by molar-refractivity contribution is 0.00133. The average Bonchev–Trinajstić information content (AvgIpc) is 2.47. The van der Waals surface area contributed by atoms with E-state index in [2.05, 4.69) is 18.4 Å². The third-order valence-electron chi connectivity index (χ3n) is 3.15. The quantitative estimate of drug-likeness (QED) is 0.640. The number of aliphatic hydroxyl groups is 1. The molecule has 0 unspecified atom stereocenters. The van der Waals surface area contributed by atoms with Gasteiger partial charge in [-0.05, 0) is 19.1 Å². The molecule has 0 amide bonds. The number of methoxy groups -OCH3 is 1. The van der Waals surface area contributed by atoms with Gasteiger partial charge in [-0.25, -0.2) is 0 Å². The highest BCUT2D eigenvalue weighted by atomic mass is 16.5. The van der Waals surface area contributed by atoms with Gasteiger partial charge in [0.05, 0.1) is 6.10 Å². The summed E-state index contributed by atoms with van der Waals surface area (Å²) < 4.78 is 10.7. The monoisotopic (exact) mass is 274 g/mol. The maximum Gasteiger partial charge on any atom is 0.149 e. The van der Waals surface area contributed by atoms with Crippen LogP contribution in [-0.4, -0.2) is 31.0 Å². The molecule has 0 radical (unpaired) electrons. The lowest BCUT2D eigenvalue weighted by Gasteiger charge is -2.23. The molecule has 1 N–H and O–H groups in total. The molecule has 3 nitrogen and oxygen atoms in total. The lowest BCUT2D eigenvalue weighted by Crippen LogP contribution is -2.33. The van der Waals surface area contributed by atoms with Crippen molar-refractivity contribution >= 4 is 0 Å².